The number of amides is 1. The van der Waals surface area contributed by atoms with Gasteiger partial charge < -0.3 is 10.0 Å². The number of carboxylic acid groups (broad SMARTS) is 1. The molecule has 1 fully saturated rings. The zero-order valence-electron chi connectivity index (χ0n) is 10.5. The van der Waals surface area contributed by atoms with E-state index in [-0.39, 0.29) is 18.4 Å². The van der Waals surface area contributed by atoms with Crippen molar-refractivity contribution in [2.24, 2.45) is 0 Å². The average molecular weight is 282 g/mol. The highest BCUT2D eigenvalue weighted by Crippen LogP contribution is 2.22. The number of rotatable bonds is 3. The minimum atomic E-state index is -0.860. The van der Waals surface area contributed by atoms with Gasteiger partial charge in [0.25, 0.3) is 5.91 Å². The number of benzene rings is 1. The van der Waals surface area contributed by atoms with Crippen LogP contribution in [0.15, 0.2) is 24.3 Å². The minimum Gasteiger partial charge on any atom is -0.481 e. The fraction of sp³-hybridized carbons (Fsp3) is 0.429. The molecule has 1 aliphatic heterocycles. The fourth-order valence-electron chi connectivity index (χ4n) is 2.44. The van der Waals surface area contributed by atoms with Crippen molar-refractivity contribution in [2.45, 2.75) is 31.7 Å². The SMILES string of the molecule is O=C(O)CC1CCCCN1C(=O)c1ccc(Cl)cc1. The van der Waals surface area contributed by atoms with Crippen LogP contribution in [-0.2, 0) is 4.79 Å². The van der Waals surface area contributed by atoms with Crippen LogP contribution in [0, 0.1) is 0 Å². The highest BCUT2D eigenvalue weighted by atomic mass is 35.5. The van der Waals surface area contributed by atoms with Crippen LogP contribution in [0.5, 0.6) is 0 Å². The van der Waals surface area contributed by atoms with Crippen molar-refractivity contribution in [1.82, 2.24) is 4.90 Å². The Labute approximate surface area is 117 Å². The van der Waals surface area contributed by atoms with Gasteiger partial charge >= 0.3 is 5.97 Å². The first-order valence-electron chi connectivity index (χ1n) is 6.36. The number of likely N-dealkylation sites (tertiary alicyclic amines) is 1. The maximum atomic E-state index is 12.4. The summed E-state index contributed by atoms with van der Waals surface area (Å²) in [6.45, 7) is 0.624. The molecule has 19 heavy (non-hydrogen) atoms. The van der Waals surface area contributed by atoms with Crippen molar-refractivity contribution >= 4 is 23.5 Å². The van der Waals surface area contributed by atoms with E-state index in [9.17, 15) is 9.59 Å². The Bertz CT molecular complexity index is 472. The third-order valence-electron chi connectivity index (χ3n) is 3.39. The van der Waals surface area contributed by atoms with Crippen LogP contribution in [0.2, 0.25) is 5.02 Å². The molecule has 2 rings (SSSR count). The van der Waals surface area contributed by atoms with E-state index in [2.05, 4.69) is 0 Å². The molecule has 0 aliphatic carbocycles. The molecule has 1 aliphatic rings. The molecule has 1 amide bonds. The molecule has 0 radical (unpaired) electrons. The smallest absolute Gasteiger partial charge is 0.305 e. The standard InChI is InChI=1S/C14H16ClNO3/c15-11-6-4-10(5-7-11)14(19)16-8-2-1-3-12(16)9-13(17)18/h4-7,12H,1-3,8-9H2,(H,17,18). The largest absolute Gasteiger partial charge is 0.481 e. The Morgan fingerprint density at radius 1 is 1.26 bits per heavy atom. The van der Waals surface area contributed by atoms with Gasteiger partial charge in [0.1, 0.15) is 0 Å². The molecule has 0 saturated carbocycles. The van der Waals surface area contributed by atoms with Gasteiger partial charge in [-0.15, -0.1) is 0 Å². The van der Waals surface area contributed by atoms with Crippen LogP contribution in [-0.4, -0.2) is 34.5 Å². The second kappa shape index (κ2) is 6.06. The van der Waals surface area contributed by atoms with Gasteiger partial charge in [-0.1, -0.05) is 11.6 Å². The Hall–Kier alpha value is -1.55. The van der Waals surface area contributed by atoms with Crippen LogP contribution in [0.3, 0.4) is 0 Å². The lowest BCUT2D eigenvalue weighted by molar-refractivity contribution is -0.138. The van der Waals surface area contributed by atoms with E-state index in [1.807, 2.05) is 0 Å². The molecule has 1 aromatic carbocycles. The fourth-order valence-corrected chi connectivity index (χ4v) is 2.57. The van der Waals surface area contributed by atoms with Crippen molar-refractivity contribution in [3.05, 3.63) is 34.9 Å². The van der Waals surface area contributed by atoms with Crippen molar-refractivity contribution in [2.75, 3.05) is 6.54 Å². The molecule has 1 atom stereocenters. The average Bonchev–Trinajstić information content (AvgIpc) is 2.39. The van der Waals surface area contributed by atoms with Gasteiger partial charge in [-0.3, -0.25) is 9.59 Å². The third kappa shape index (κ3) is 3.47. The molecular formula is C14H16ClNO3. The van der Waals surface area contributed by atoms with E-state index in [1.165, 1.54) is 0 Å². The van der Waals surface area contributed by atoms with Crippen LogP contribution < -0.4 is 0 Å². The van der Waals surface area contributed by atoms with Crippen molar-refractivity contribution in [1.29, 1.82) is 0 Å². The maximum Gasteiger partial charge on any atom is 0.305 e. The van der Waals surface area contributed by atoms with E-state index in [1.54, 1.807) is 29.2 Å². The molecule has 0 bridgehead atoms. The maximum absolute atomic E-state index is 12.4. The summed E-state index contributed by atoms with van der Waals surface area (Å²) in [4.78, 5) is 24.9. The number of carbonyl (C=O) groups is 2. The number of nitrogens with zero attached hydrogens (tertiary/aromatic N) is 1. The zero-order valence-corrected chi connectivity index (χ0v) is 11.3. The van der Waals surface area contributed by atoms with Gasteiger partial charge in [-0.05, 0) is 43.5 Å². The van der Waals surface area contributed by atoms with Gasteiger partial charge in [-0.2, -0.15) is 0 Å². The van der Waals surface area contributed by atoms with E-state index in [0.29, 0.717) is 17.1 Å². The molecule has 1 heterocycles. The number of hydrogen-bond donors (Lipinski definition) is 1. The van der Waals surface area contributed by atoms with Gasteiger partial charge in [0.15, 0.2) is 0 Å². The van der Waals surface area contributed by atoms with E-state index in [4.69, 9.17) is 16.7 Å². The van der Waals surface area contributed by atoms with Gasteiger partial charge in [-0.25, -0.2) is 0 Å². The van der Waals surface area contributed by atoms with Crippen molar-refractivity contribution in [3.63, 3.8) is 0 Å². The van der Waals surface area contributed by atoms with E-state index < -0.39 is 5.97 Å². The summed E-state index contributed by atoms with van der Waals surface area (Å²) in [6.07, 6.45) is 2.67. The Balaban J connectivity index is 2.15. The molecule has 5 heteroatoms. The summed E-state index contributed by atoms with van der Waals surface area (Å²) < 4.78 is 0. The lowest BCUT2D eigenvalue weighted by atomic mass is 9.98. The molecule has 1 N–H and O–H groups in total. The molecule has 0 aromatic heterocycles. The van der Waals surface area contributed by atoms with Crippen LogP contribution in [0.4, 0.5) is 0 Å². The molecule has 4 nitrogen and oxygen atoms in total. The number of piperidine rings is 1. The van der Waals surface area contributed by atoms with Gasteiger partial charge in [0, 0.05) is 23.2 Å². The van der Waals surface area contributed by atoms with Gasteiger partial charge in [0.2, 0.25) is 0 Å². The summed E-state index contributed by atoms with van der Waals surface area (Å²) in [7, 11) is 0. The molecular weight excluding hydrogens is 266 g/mol. The quantitative estimate of drug-likeness (QED) is 0.927. The molecule has 1 aromatic rings. The van der Waals surface area contributed by atoms with Crippen LogP contribution >= 0.6 is 11.6 Å². The highest BCUT2D eigenvalue weighted by molar-refractivity contribution is 6.30. The monoisotopic (exact) mass is 281 g/mol. The first-order chi connectivity index (χ1) is 9.08. The summed E-state index contributed by atoms with van der Waals surface area (Å²) >= 11 is 5.80. The van der Waals surface area contributed by atoms with Crippen molar-refractivity contribution < 1.29 is 14.7 Å². The minimum absolute atomic E-state index is 0.0132. The molecule has 1 unspecified atom stereocenters. The summed E-state index contributed by atoms with van der Waals surface area (Å²) in [5.74, 6) is -0.969. The number of carboxylic acids is 1. The lowest BCUT2D eigenvalue weighted by Gasteiger charge is -2.35. The predicted octanol–water partition coefficient (Wildman–Crippen LogP) is 2.81. The second-order valence-corrected chi connectivity index (χ2v) is 5.19. The number of hydrogen-bond acceptors (Lipinski definition) is 2. The Morgan fingerprint density at radius 3 is 2.58 bits per heavy atom. The van der Waals surface area contributed by atoms with Crippen LogP contribution in [0.1, 0.15) is 36.0 Å². The van der Waals surface area contributed by atoms with E-state index >= 15 is 0 Å². The zero-order chi connectivity index (χ0) is 13.8. The molecule has 1 saturated heterocycles. The Kier molecular flexibility index (Phi) is 4.43. The number of aliphatic carboxylic acids is 1. The second-order valence-electron chi connectivity index (χ2n) is 4.75. The normalized spacial score (nSPS) is 19.2. The Morgan fingerprint density at radius 2 is 1.95 bits per heavy atom. The van der Waals surface area contributed by atoms with Crippen molar-refractivity contribution in [3.8, 4) is 0 Å². The van der Waals surface area contributed by atoms with Crippen LogP contribution in [0.25, 0.3) is 0 Å². The molecule has 0 spiro atoms. The first kappa shape index (κ1) is 13.9. The van der Waals surface area contributed by atoms with E-state index in [0.717, 1.165) is 19.3 Å². The van der Waals surface area contributed by atoms with Gasteiger partial charge in [0.05, 0.1) is 6.42 Å². The third-order valence-corrected chi connectivity index (χ3v) is 3.64. The number of halogens is 1. The summed E-state index contributed by atoms with van der Waals surface area (Å²) in [6, 6.07) is 6.50. The topological polar surface area (TPSA) is 57.6 Å². The predicted molar refractivity (Wildman–Crippen MR) is 72.4 cm³/mol. The summed E-state index contributed by atoms with van der Waals surface area (Å²) in [5, 5.41) is 9.50. The highest BCUT2D eigenvalue weighted by Gasteiger charge is 2.28. The number of carbonyl (C=O) groups excluding carboxylic acids is 1. The summed E-state index contributed by atoms with van der Waals surface area (Å²) in [5.41, 5.74) is 0.557. The first-order valence-corrected chi connectivity index (χ1v) is 6.74. The lowest BCUT2D eigenvalue weighted by Crippen LogP contribution is -2.44. The molecule has 102 valence electrons.